The van der Waals surface area contributed by atoms with Gasteiger partial charge < -0.3 is 14.8 Å². The lowest BCUT2D eigenvalue weighted by Crippen LogP contribution is -2.26. The largest absolute Gasteiger partial charge is 0.493 e. The summed E-state index contributed by atoms with van der Waals surface area (Å²) >= 11 is 0. The Morgan fingerprint density at radius 2 is 1.50 bits per heavy atom. The number of hydrogen-bond donors (Lipinski definition) is 1. The Morgan fingerprint density at radius 1 is 0.857 bits per heavy atom. The fourth-order valence-corrected chi connectivity index (χ4v) is 2.72. The molecule has 0 spiro atoms. The Balaban J connectivity index is 1.45. The van der Waals surface area contributed by atoms with E-state index in [0.29, 0.717) is 24.7 Å². The fourth-order valence-electron chi connectivity index (χ4n) is 2.72. The Labute approximate surface area is 165 Å². The van der Waals surface area contributed by atoms with Gasteiger partial charge >= 0.3 is 0 Å². The topological polar surface area (TPSA) is 47.6 Å². The van der Waals surface area contributed by atoms with Crippen LogP contribution in [-0.4, -0.2) is 26.2 Å². The molecule has 0 heterocycles. The van der Waals surface area contributed by atoms with Crippen molar-refractivity contribution in [2.24, 2.45) is 0 Å². The molecule has 28 heavy (non-hydrogen) atoms. The van der Waals surface area contributed by atoms with Crippen LogP contribution in [0, 0.1) is 0 Å². The highest BCUT2D eigenvalue weighted by atomic mass is 16.5. The number of ether oxygens (including phenoxy) is 2. The molecule has 0 saturated carbocycles. The molecule has 0 saturated heterocycles. The third-order valence-electron chi connectivity index (χ3n) is 4.17. The summed E-state index contributed by atoms with van der Waals surface area (Å²) in [6.07, 6.45) is 3.33. The maximum Gasteiger partial charge on any atom is 0.244 e. The predicted molar refractivity (Wildman–Crippen MR) is 112 cm³/mol. The number of carbonyl (C=O) groups is 1. The van der Waals surface area contributed by atoms with E-state index in [2.05, 4.69) is 17.4 Å². The van der Waals surface area contributed by atoms with Crippen molar-refractivity contribution >= 4 is 12.0 Å². The SMILES string of the molecule is COc1ccccc1OCCNC(=O)/C=C/c1ccc(-c2ccccc2)cc1. The van der Waals surface area contributed by atoms with Gasteiger partial charge in [-0.15, -0.1) is 0 Å². The highest BCUT2D eigenvalue weighted by molar-refractivity contribution is 5.91. The zero-order valence-corrected chi connectivity index (χ0v) is 15.8. The van der Waals surface area contributed by atoms with Crippen molar-refractivity contribution in [2.75, 3.05) is 20.3 Å². The third-order valence-corrected chi connectivity index (χ3v) is 4.17. The molecule has 0 aromatic heterocycles. The van der Waals surface area contributed by atoms with E-state index in [1.54, 1.807) is 13.2 Å². The Kier molecular flexibility index (Phi) is 6.85. The lowest BCUT2D eigenvalue weighted by Gasteiger charge is -2.10. The molecule has 3 rings (SSSR count). The lowest BCUT2D eigenvalue weighted by molar-refractivity contribution is -0.116. The number of rotatable bonds is 8. The van der Waals surface area contributed by atoms with E-state index in [4.69, 9.17) is 9.47 Å². The van der Waals surface area contributed by atoms with E-state index < -0.39 is 0 Å². The summed E-state index contributed by atoms with van der Waals surface area (Å²) in [7, 11) is 1.60. The monoisotopic (exact) mass is 373 g/mol. The molecule has 0 fully saturated rings. The van der Waals surface area contributed by atoms with Crippen LogP contribution in [0.3, 0.4) is 0 Å². The van der Waals surface area contributed by atoms with Gasteiger partial charge in [0.15, 0.2) is 11.5 Å². The third kappa shape index (κ3) is 5.48. The molecule has 0 aliphatic rings. The van der Waals surface area contributed by atoms with Crippen molar-refractivity contribution in [2.45, 2.75) is 0 Å². The summed E-state index contributed by atoms with van der Waals surface area (Å²) in [6.45, 7) is 0.778. The van der Waals surface area contributed by atoms with Crippen molar-refractivity contribution in [3.63, 3.8) is 0 Å². The number of methoxy groups -OCH3 is 1. The second-order valence-corrected chi connectivity index (χ2v) is 6.11. The van der Waals surface area contributed by atoms with E-state index in [0.717, 1.165) is 11.1 Å². The lowest BCUT2D eigenvalue weighted by atomic mass is 10.0. The number of benzene rings is 3. The molecule has 3 aromatic rings. The standard InChI is InChI=1S/C24H23NO3/c1-27-22-9-5-6-10-23(22)28-18-17-25-24(26)16-13-19-11-14-21(15-12-19)20-7-3-2-4-8-20/h2-16H,17-18H2,1H3,(H,25,26)/b16-13+. The van der Waals surface area contributed by atoms with Crippen LogP contribution in [0.1, 0.15) is 5.56 Å². The van der Waals surface area contributed by atoms with Crippen molar-refractivity contribution in [3.8, 4) is 22.6 Å². The number of hydrogen-bond acceptors (Lipinski definition) is 3. The van der Waals surface area contributed by atoms with Gasteiger partial charge in [-0.1, -0.05) is 66.7 Å². The average Bonchev–Trinajstić information content (AvgIpc) is 2.76. The Morgan fingerprint density at radius 3 is 2.21 bits per heavy atom. The van der Waals surface area contributed by atoms with Crippen LogP contribution < -0.4 is 14.8 Å². The zero-order valence-electron chi connectivity index (χ0n) is 15.8. The molecule has 142 valence electrons. The first-order valence-corrected chi connectivity index (χ1v) is 9.13. The molecular weight excluding hydrogens is 350 g/mol. The van der Waals surface area contributed by atoms with Crippen molar-refractivity contribution < 1.29 is 14.3 Å². The first-order valence-electron chi connectivity index (χ1n) is 9.13. The van der Waals surface area contributed by atoms with E-state index in [1.807, 2.05) is 66.7 Å². The van der Waals surface area contributed by atoms with E-state index in [-0.39, 0.29) is 5.91 Å². The predicted octanol–water partition coefficient (Wildman–Crippen LogP) is 4.57. The maximum absolute atomic E-state index is 12.0. The van der Waals surface area contributed by atoms with Crippen molar-refractivity contribution in [3.05, 3.63) is 90.5 Å². The van der Waals surface area contributed by atoms with Crippen LogP contribution in [-0.2, 0) is 4.79 Å². The summed E-state index contributed by atoms with van der Waals surface area (Å²) in [4.78, 5) is 12.0. The molecule has 0 aliphatic carbocycles. The summed E-state index contributed by atoms with van der Waals surface area (Å²) in [5, 5.41) is 2.81. The van der Waals surface area contributed by atoms with Crippen LogP contribution in [0.25, 0.3) is 17.2 Å². The maximum atomic E-state index is 12.0. The minimum atomic E-state index is -0.157. The Bertz CT molecular complexity index is 918. The molecule has 0 unspecified atom stereocenters. The average molecular weight is 373 g/mol. The molecule has 0 aliphatic heterocycles. The van der Waals surface area contributed by atoms with Gasteiger partial charge in [-0.25, -0.2) is 0 Å². The van der Waals surface area contributed by atoms with Gasteiger partial charge in [0.2, 0.25) is 5.91 Å². The van der Waals surface area contributed by atoms with Gasteiger partial charge in [-0.3, -0.25) is 4.79 Å². The summed E-state index contributed by atoms with van der Waals surface area (Å²) < 4.78 is 10.9. The minimum absolute atomic E-state index is 0.157. The summed E-state index contributed by atoms with van der Waals surface area (Å²) in [5.41, 5.74) is 3.29. The summed E-state index contributed by atoms with van der Waals surface area (Å²) in [6, 6.07) is 25.7. The van der Waals surface area contributed by atoms with Gasteiger partial charge in [0.1, 0.15) is 6.61 Å². The number of para-hydroxylation sites is 2. The number of amides is 1. The van der Waals surface area contributed by atoms with E-state index in [1.165, 1.54) is 11.6 Å². The first kappa shape index (κ1) is 19.2. The van der Waals surface area contributed by atoms with Gasteiger partial charge in [0.25, 0.3) is 0 Å². The molecule has 3 aromatic carbocycles. The van der Waals surface area contributed by atoms with Crippen LogP contribution >= 0.6 is 0 Å². The molecule has 0 radical (unpaired) electrons. The first-order chi connectivity index (χ1) is 13.8. The van der Waals surface area contributed by atoms with Crippen LogP contribution in [0.5, 0.6) is 11.5 Å². The highest BCUT2D eigenvalue weighted by Crippen LogP contribution is 2.25. The second-order valence-electron chi connectivity index (χ2n) is 6.11. The zero-order chi connectivity index (χ0) is 19.6. The van der Waals surface area contributed by atoms with Gasteiger partial charge in [0, 0.05) is 6.08 Å². The smallest absolute Gasteiger partial charge is 0.244 e. The molecule has 4 heteroatoms. The van der Waals surface area contributed by atoms with E-state index in [9.17, 15) is 4.79 Å². The molecule has 1 N–H and O–H groups in total. The molecule has 1 amide bonds. The molecule has 0 atom stereocenters. The normalized spacial score (nSPS) is 10.6. The minimum Gasteiger partial charge on any atom is -0.493 e. The quantitative estimate of drug-likeness (QED) is 0.465. The number of carbonyl (C=O) groups excluding carboxylic acids is 1. The second kappa shape index (κ2) is 9.97. The Hall–Kier alpha value is -3.53. The highest BCUT2D eigenvalue weighted by Gasteiger charge is 2.02. The van der Waals surface area contributed by atoms with Gasteiger partial charge in [-0.05, 0) is 34.9 Å². The molecular formula is C24H23NO3. The van der Waals surface area contributed by atoms with Crippen LogP contribution in [0.4, 0.5) is 0 Å². The fraction of sp³-hybridized carbons (Fsp3) is 0.125. The number of nitrogens with one attached hydrogen (secondary N) is 1. The van der Waals surface area contributed by atoms with Crippen LogP contribution in [0.2, 0.25) is 0 Å². The van der Waals surface area contributed by atoms with Gasteiger partial charge in [-0.2, -0.15) is 0 Å². The summed E-state index contributed by atoms with van der Waals surface area (Å²) in [5.74, 6) is 1.18. The van der Waals surface area contributed by atoms with Crippen molar-refractivity contribution in [1.29, 1.82) is 0 Å². The molecule has 0 bridgehead atoms. The van der Waals surface area contributed by atoms with Gasteiger partial charge in [0.05, 0.1) is 13.7 Å². The van der Waals surface area contributed by atoms with Crippen molar-refractivity contribution in [1.82, 2.24) is 5.32 Å². The van der Waals surface area contributed by atoms with E-state index >= 15 is 0 Å². The molecule has 4 nitrogen and oxygen atoms in total. The van der Waals surface area contributed by atoms with Crippen LogP contribution in [0.15, 0.2) is 84.9 Å².